The van der Waals surface area contributed by atoms with Crippen molar-refractivity contribution in [3.05, 3.63) is 53.8 Å². The molecule has 1 aliphatic heterocycles. The fraction of sp³-hybridized carbons (Fsp3) is 0.188. The summed E-state index contributed by atoms with van der Waals surface area (Å²) in [5.74, 6) is 0.156. The lowest BCUT2D eigenvalue weighted by molar-refractivity contribution is -0.115. The van der Waals surface area contributed by atoms with E-state index in [4.69, 9.17) is 0 Å². The van der Waals surface area contributed by atoms with Crippen LogP contribution in [-0.4, -0.2) is 20.1 Å². The summed E-state index contributed by atoms with van der Waals surface area (Å²) in [7, 11) is -3.74. The van der Waals surface area contributed by atoms with E-state index in [1.54, 1.807) is 6.07 Å². The highest BCUT2D eigenvalue weighted by Crippen LogP contribution is 2.32. The molecule has 8 heteroatoms. The van der Waals surface area contributed by atoms with Gasteiger partial charge in [-0.15, -0.1) is 11.8 Å². The van der Waals surface area contributed by atoms with Gasteiger partial charge >= 0.3 is 0 Å². The molecule has 1 amide bonds. The van der Waals surface area contributed by atoms with Gasteiger partial charge in [0.2, 0.25) is 15.9 Å². The molecule has 0 saturated carbocycles. The third kappa shape index (κ3) is 3.95. The molecule has 0 aromatic heterocycles. The van der Waals surface area contributed by atoms with Crippen molar-refractivity contribution in [3.63, 3.8) is 0 Å². The Morgan fingerprint density at radius 3 is 2.67 bits per heavy atom. The predicted octanol–water partition coefficient (Wildman–Crippen LogP) is 2.74. The Balaban J connectivity index is 1.79. The standard InChI is InChI=1S/C16H15FN2O3S2/c17-12-3-1-11(2-4-12)10-18-24(21,22)13-5-6-15-14(9-13)19-16(20)7-8-23-15/h1-6,9,18H,7-8,10H2,(H,19,20). The molecule has 0 fully saturated rings. The molecule has 1 aliphatic rings. The maximum atomic E-state index is 12.9. The number of nitrogens with one attached hydrogen (secondary N) is 2. The normalized spacial score (nSPS) is 14.6. The summed E-state index contributed by atoms with van der Waals surface area (Å²) < 4.78 is 40.2. The molecule has 126 valence electrons. The van der Waals surface area contributed by atoms with Gasteiger partial charge in [-0.3, -0.25) is 4.79 Å². The van der Waals surface area contributed by atoms with Gasteiger partial charge in [0.05, 0.1) is 10.6 Å². The van der Waals surface area contributed by atoms with E-state index in [1.165, 1.54) is 48.2 Å². The quantitative estimate of drug-likeness (QED) is 0.872. The van der Waals surface area contributed by atoms with Crippen LogP contribution in [-0.2, 0) is 21.4 Å². The van der Waals surface area contributed by atoms with Crippen LogP contribution in [0.25, 0.3) is 0 Å². The monoisotopic (exact) mass is 366 g/mol. The molecular weight excluding hydrogens is 351 g/mol. The van der Waals surface area contributed by atoms with Gasteiger partial charge in [-0.1, -0.05) is 12.1 Å². The smallest absolute Gasteiger partial charge is 0.240 e. The highest BCUT2D eigenvalue weighted by molar-refractivity contribution is 7.99. The Hall–Kier alpha value is -1.90. The SMILES string of the molecule is O=C1CCSc2ccc(S(=O)(=O)NCc3ccc(F)cc3)cc2N1. The van der Waals surface area contributed by atoms with E-state index in [9.17, 15) is 17.6 Å². The summed E-state index contributed by atoms with van der Waals surface area (Å²) in [5.41, 5.74) is 1.16. The highest BCUT2D eigenvalue weighted by atomic mass is 32.2. The Morgan fingerprint density at radius 1 is 1.17 bits per heavy atom. The van der Waals surface area contributed by atoms with Crippen LogP contribution in [0.5, 0.6) is 0 Å². The number of hydrogen-bond acceptors (Lipinski definition) is 4. The number of fused-ring (bicyclic) bond motifs is 1. The topological polar surface area (TPSA) is 75.3 Å². The van der Waals surface area contributed by atoms with Gasteiger partial charge in [0.25, 0.3) is 0 Å². The minimum Gasteiger partial charge on any atom is -0.325 e. The fourth-order valence-corrected chi connectivity index (χ4v) is 4.21. The number of thioether (sulfide) groups is 1. The Bertz CT molecular complexity index is 867. The second-order valence-electron chi connectivity index (χ2n) is 5.26. The van der Waals surface area contributed by atoms with Crippen molar-refractivity contribution in [2.75, 3.05) is 11.1 Å². The summed E-state index contributed by atoms with van der Waals surface area (Å²) in [6.07, 6.45) is 0.393. The lowest BCUT2D eigenvalue weighted by Crippen LogP contribution is -2.23. The third-order valence-corrected chi connectivity index (χ3v) is 5.98. The fourth-order valence-electron chi connectivity index (χ4n) is 2.23. The molecular formula is C16H15FN2O3S2. The summed E-state index contributed by atoms with van der Waals surface area (Å²) in [6.45, 7) is 0.0564. The Labute approximate surface area is 143 Å². The van der Waals surface area contributed by atoms with Crippen molar-refractivity contribution < 1.29 is 17.6 Å². The number of sulfonamides is 1. The van der Waals surface area contributed by atoms with Crippen molar-refractivity contribution in [3.8, 4) is 0 Å². The van der Waals surface area contributed by atoms with E-state index in [1.807, 2.05) is 0 Å². The zero-order chi connectivity index (χ0) is 17.2. The zero-order valence-corrected chi connectivity index (χ0v) is 14.2. The molecule has 0 saturated heterocycles. The van der Waals surface area contributed by atoms with Crippen molar-refractivity contribution in [2.24, 2.45) is 0 Å². The van der Waals surface area contributed by atoms with Crippen LogP contribution < -0.4 is 10.0 Å². The number of benzene rings is 2. The van der Waals surface area contributed by atoms with Gasteiger partial charge in [0, 0.05) is 23.6 Å². The molecule has 3 rings (SSSR count). The average molecular weight is 366 g/mol. The third-order valence-electron chi connectivity index (χ3n) is 3.50. The number of hydrogen-bond donors (Lipinski definition) is 2. The minimum atomic E-state index is -3.74. The number of anilines is 1. The molecule has 0 unspecified atom stereocenters. The van der Waals surface area contributed by atoms with Crippen molar-refractivity contribution in [2.45, 2.75) is 22.8 Å². The first-order valence-electron chi connectivity index (χ1n) is 7.25. The first-order valence-corrected chi connectivity index (χ1v) is 9.72. The molecule has 0 radical (unpaired) electrons. The van der Waals surface area contributed by atoms with Crippen LogP contribution in [0.3, 0.4) is 0 Å². The van der Waals surface area contributed by atoms with Crippen LogP contribution in [0.4, 0.5) is 10.1 Å². The lowest BCUT2D eigenvalue weighted by Gasteiger charge is -2.11. The average Bonchev–Trinajstić information content (AvgIpc) is 2.74. The molecule has 1 heterocycles. The van der Waals surface area contributed by atoms with Crippen molar-refractivity contribution >= 4 is 33.4 Å². The first-order chi connectivity index (χ1) is 11.4. The number of carbonyl (C=O) groups excluding carboxylic acids is 1. The van der Waals surface area contributed by atoms with Crippen LogP contribution >= 0.6 is 11.8 Å². The minimum absolute atomic E-state index is 0.0564. The first kappa shape index (κ1) is 16.9. The van der Waals surface area contributed by atoms with Crippen LogP contribution in [0, 0.1) is 5.82 Å². The van der Waals surface area contributed by atoms with Crippen LogP contribution in [0.15, 0.2) is 52.3 Å². The molecule has 0 spiro atoms. The molecule has 24 heavy (non-hydrogen) atoms. The Kier molecular flexibility index (Phi) is 4.88. The molecule has 5 nitrogen and oxygen atoms in total. The molecule has 0 bridgehead atoms. The predicted molar refractivity (Wildman–Crippen MR) is 90.8 cm³/mol. The summed E-state index contributed by atoms with van der Waals surface area (Å²) in [6, 6.07) is 10.3. The zero-order valence-electron chi connectivity index (χ0n) is 12.6. The van der Waals surface area contributed by atoms with E-state index in [2.05, 4.69) is 10.0 Å². The van der Waals surface area contributed by atoms with Crippen LogP contribution in [0.2, 0.25) is 0 Å². The molecule has 0 aliphatic carbocycles. The second kappa shape index (κ2) is 6.92. The van der Waals surface area contributed by atoms with Gasteiger partial charge in [0.1, 0.15) is 5.82 Å². The highest BCUT2D eigenvalue weighted by Gasteiger charge is 2.19. The van der Waals surface area contributed by atoms with E-state index in [0.29, 0.717) is 23.4 Å². The second-order valence-corrected chi connectivity index (χ2v) is 8.16. The largest absolute Gasteiger partial charge is 0.325 e. The van der Waals surface area contributed by atoms with Crippen molar-refractivity contribution in [1.82, 2.24) is 4.72 Å². The maximum absolute atomic E-state index is 12.9. The van der Waals surface area contributed by atoms with Gasteiger partial charge in [-0.25, -0.2) is 17.5 Å². The maximum Gasteiger partial charge on any atom is 0.240 e. The van der Waals surface area contributed by atoms with Gasteiger partial charge in [-0.05, 0) is 35.9 Å². The number of amides is 1. The van der Waals surface area contributed by atoms with Crippen LogP contribution in [0.1, 0.15) is 12.0 Å². The summed E-state index contributed by atoms with van der Waals surface area (Å²) in [4.78, 5) is 12.5. The lowest BCUT2D eigenvalue weighted by atomic mass is 10.2. The van der Waals surface area contributed by atoms with Crippen molar-refractivity contribution in [1.29, 1.82) is 0 Å². The van der Waals surface area contributed by atoms with E-state index in [-0.39, 0.29) is 23.2 Å². The number of halogens is 1. The van der Waals surface area contributed by atoms with E-state index >= 15 is 0 Å². The Morgan fingerprint density at radius 2 is 1.92 bits per heavy atom. The summed E-state index contributed by atoms with van der Waals surface area (Å²) >= 11 is 1.51. The molecule has 2 aromatic carbocycles. The molecule has 2 N–H and O–H groups in total. The van der Waals surface area contributed by atoms with E-state index < -0.39 is 10.0 Å². The number of carbonyl (C=O) groups is 1. The van der Waals surface area contributed by atoms with E-state index in [0.717, 1.165) is 4.90 Å². The van der Waals surface area contributed by atoms with Gasteiger partial charge < -0.3 is 5.32 Å². The molecule has 0 atom stereocenters. The molecule has 2 aromatic rings. The van der Waals surface area contributed by atoms with Gasteiger partial charge in [-0.2, -0.15) is 0 Å². The number of rotatable bonds is 4. The van der Waals surface area contributed by atoms with Gasteiger partial charge in [0.15, 0.2) is 0 Å². The summed E-state index contributed by atoms with van der Waals surface area (Å²) in [5, 5.41) is 2.72.